The van der Waals surface area contributed by atoms with E-state index < -0.39 is 0 Å². The molecule has 112 valence electrons. The van der Waals surface area contributed by atoms with Crippen molar-refractivity contribution in [2.24, 2.45) is 0 Å². The summed E-state index contributed by atoms with van der Waals surface area (Å²) in [5.74, 6) is -0.174. The van der Waals surface area contributed by atoms with Crippen molar-refractivity contribution in [3.8, 4) is 0 Å². The number of carbonyl (C=O) groups excluding carboxylic acids is 2. The van der Waals surface area contributed by atoms with Gasteiger partial charge in [0.1, 0.15) is 0 Å². The Hall–Kier alpha value is -2.82. The Morgan fingerprint density at radius 3 is 2.73 bits per heavy atom. The summed E-state index contributed by atoms with van der Waals surface area (Å²) in [6.45, 7) is 3.86. The average Bonchev–Trinajstić information content (AvgIpc) is 3.11. The number of aromatic amines is 1. The summed E-state index contributed by atoms with van der Waals surface area (Å²) in [6, 6.07) is 9.57. The van der Waals surface area contributed by atoms with E-state index in [1.165, 1.54) is 6.92 Å². The van der Waals surface area contributed by atoms with E-state index in [4.69, 9.17) is 0 Å². The number of amides is 2. The van der Waals surface area contributed by atoms with Crippen LogP contribution in [0.1, 0.15) is 30.7 Å². The molecule has 0 fully saturated rings. The normalized spacial score (nSPS) is 15.3. The summed E-state index contributed by atoms with van der Waals surface area (Å²) in [5.41, 5.74) is 5.13. The Morgan fingerprint density at radius 2 is 2.05 bits per heavy atom. The molecule has 1 aliphatic heterocycles. The molecule has 0 bridgehead atoms. The monoisotopic (exact) mass is 295 g/mol. The Bertz CT molecular complexity index is 773. The van der Waals surface area contributed by atoms with Crippen LogP contribution < -0.4 is 10.6 Å². The van der Waals surface area contributed by atoms with Gasteiger partial charge in [-0.15, -0.1) is 0 Å². The van der Waals surface area contributed by atoms with Crippen LogP contribution in [0.3, 0.4) is 0 Å². The molecule has 22 heavy (non-hydrogen) atoms. The van der Waals surface area contributed by atoms with Gasteiger partial charge in [0, 0.05) is 36.6 Å². The summed E-state index contributed by atoms with van der Waals surface area (Å²) in [5, 5.41) is 5.65. The number of carbonyl (C=O) groups is 2. The molecule has 0 spiro atoms. The first kappa shape index (κ1) is 14.1. The highest BCUT2D eigenvalue weighted by Gasteiger charge is 2.26. The van der Waals surface area contributed by atoms with Crippen molar-refractivity contribution in [2.75, 3.05) is 5.32 Å². The third-order valence-electron chi connectivity index (χ3n) is 3.75. The van der Waals surface area contributed by atoms with Gasteiger partial charge in [0.05, 0.1) is 5.57 Å². The van der Waals surface area contributed by atoms with Crippen LogP contribution in [0.25, 0.3) is 11.1 Å². The number of rotatable bonds is 3. The SMILES string of the molecule is CC(=O)NCc1ccc2c(c1)/C(=C(/C)c1ccc[nH]1)C(=O)N2. The van der Waals surface area contributed by atoms with Gasteiger partial charge in [-0.2, -0.15) is 0 Å². The smallest absolute Gasteiger partial charge is 0.256 e. The topological polar surface area (TPSA) is 74.0 Å². The molecule has 3 rings (SSSR count). The number of allylic oxidation sites excluding steroid dienone is 1. The number of anilines is 1. The Labute approximate surface area is 128 Å². The lowest BCUT2D eigenvalue weighted by atomic mass is 9.98. The Kier molecular flexibility index (Phi) is 3.55. The summed E-state index contributed by atoms with van der Waals surface area (Å²) in [4.78, 5) is 26.5. The van der Waals surface area contributed by atoms with E-state index in [1.54, 1.807) is 0 Å². The number of aromatic nitrogens is 1. The second-order valence-electron chi connectivity index (χ2n) is 5.33. The van der Waals surface area contributed by atoms with Gasteiger partial charge in [0.25, 0.3) is 5.91 Å². The molecule has 0 aliphatic carbocycles. The summed E-state index contributed by atoms with van der Waals surface area (Å²) < 4.78 is 0. The quantitative estimate of drug-likeness (QED) is 0.761. The van der Waals surface area contributed by atoms with E-state index in [2.05, 4.69) is 15.6 Å². The number of hydrogen-bond acceptors (Lipinski definition) is 2. The third-order valence-corrected chi connectivity index (χ3v) is 3.75. The predicted octanol–water partition coefficient (Wildman–Crippen LogP) is 2.53. The van der Waals surface area contributed by atoms with Crippen molar-refractivity contribution < 1.29 is 9.59 Å². The molecule has 2 aromatic rings. The van der Waals surface area contributed by atoms with E-state index in [0.29, 0.717) is 12.1 Å². The number of H-pyrrole nitrogens is 1. The molecule has 0 saturated carbocycles. The van der Waals surface area contributed by atoms with Crippen LogP contribution in [0.15, 0.2) is 36.5 Å². The molecule has 0 unspecified atom stereocenters. The third kappa shape index (κ3) is 2.53. The highest BCUT2D eigenvalue weighted by molar-refractivity contribution is 6.36. The number of nitrogens with one attached hydrogen (secondary N) is 3. The summed E-state index contributed by atoms with van der Waals surface area (Å²) in [7, 11) is 0. The van der Waals surface area contributed by atoms with Gasteiger partial charge in [0.2, 0.25) is 5.91 Å². The zero-order valence-electron chi connectivity index (χ0n) is 12.5. The first-order valence-electron chi connectivity index (χ1n) is 7.10. The van der Waals surface area contributed by atoms with Gasteiger partial charge in [0.15, 0.2) is 0 Å². The Morgan fingerprint density at radius 1 is 1.23 bits per heavy atom. The molecule has 1 aromatic heterocycles. The highest BCUT2D eigenvalue weighted by atomic mass is 16.2. The van der Waals surface area contributed by atoms with Crippen molar-refractivity contribution in [2.45, 2.75) is 20.4 Å². The van der Waals surface area contributed by atoms with Gasteiger partial charge in [-0.1, -0.05) is 6.07 Å². The highest BCUT2D eigenvalue weighted by Crippen LogP contribution is 2.37. The lowest BCUT2D eigenvalue weighted by Gasteiger charge is -2.07. The average molecular weight is 295 g/mol. The fourth-order valence-electron chi connectivity index (χ4n) is 2.62. The maximum atomic E-state index is 12.3. The van der Waals surface area contributed by atoms with E-state index >= 15 is 0 Å². The molecule has 5 heteroatoms. The molecule has 5 nitrogen and oxygen atoms in total. The van der Waals surface area contributed by atoms with Crippen LogP contribution in [0.5, 0.6) is 0 Å². The summed E-state index contributed by atoms with van der Waals surface area (Å²) in [6.07, 6.45) is 1.83. The van der Waals surface area contributed by atoms with E-state index in [0.717, 1.165) is 28.1 Å². The molecule has 0 radical (unpaired) electrons. The number of hydrogen-bond donors (Lipinski definition) is 3. The second kappa shape index (κ2) is 5.52. The minimum Gasteiger partial charge on any atom is -0.361 e. The standard InChI is InChI=1S/C17H17N3O2/c1-10(14-4-3-7-18-14)16-13-8-12(9-19-11(2)21)5-6-15(13)20-17(16)22/h3-8,18H,9H2,1-2H3,(H,19,21)(H,20,22)/b16-10+. The lowest BCUT2D eigenvalue weighted by molar-refractivity contribution is -0.119. The fourth-order valence-corrected chi connectivity index (χ4v) is 2.62. The maximum absolute atomic E-state index is 12.3. The van der Waals surface area contributed by atoms with E-state index in [1.807, 2.05) is 43.5 Å². The van der Waals surface area contributed by atoms with Crippen LogP contribution in [-0.4, -0.2) is 16.8 Å². The Balaban J connectivity index is 2.02. The molecule has 0 atom stereocenters. The predicted molar refractivity (Wildman–Crippen MR) is 85.9 cm³/mol. The zero-order valence-corrected chi connectivity index (χ0v) is 12.5. The van der Waals surface area contributed by atoms with Gasteiger partial charge >= 0.3 is 0 Å². The summed E-state index contributed by atoms with van der Waals surface area (Å²) >= 11 is 0. The molecule has 1 aromatic carbocycles. The minimum absolute atomic E-state index is 0.0759. The molecular weight excluding hydrogens is 278 g/mol. The van der Waals surface area contributed by atoms with Crippen molar-refractivity contribution in [1.29, 1.82) is 0 Å². The van der Waals surface area contributed by atoms with Crippen molar-refractivity contribution in [1.82, 2.24) is 10.3 Å². The molecule has 1 aliphatic rings. The molecule has 2 amide bonds. The van der Waals surface area contributed by atoms with Crippen LogP contribution in [0, 0.1) is 0 Å². The first-order valence-corrected chi connectivity index (χ1v) is 7.10. The fraction of sp³-hybridized carbons (Fsp3) is 0.176. The van der Waals surface area contributed by atoms with Gasteiger partial charge < -0.3 is 15.6 Å². The maximum Gasteiger partial charge on any atom is 0.256 e. The van der Waals surface area contributed by atoms with Gasteiger partial charge in [-0.05, 0) is 42.3 Å². The number of fused-ring (bicyclic) bond motifs is 1. The van der Waals surface area contributed by atoms with Gasteiger partial charge in [-0.25, -0.2) is 0 Å². The van der Waals surface area contributed by atoms with Crippen LogP contribution >= 0.6 is 0 Å². The van der Waals surface area contributed by atoms with Crippen LogP contribution in [0.4, 0.5) is 5.69 Å². The largest absolute Gasteiger partial charge is 0.361 e. The van der Waals surface area contributed by atoms with E-state index in [9.17, 15) is 9.59 Å². The minimum atomic E-state index is -0.0984. The molecule has 2 heterocycles. The van der Waals surface area contributed by atoms with Crippen molar-refractivity contribution in [3.05, 3.63) is 53.3 Å². The lowest BCUT2D eigenvalue weighted by Crippen LogP contribution is -2.18. The van der Waals surface area contributed by atoms with Crippen LogP contribution in [-0.2, 0) is 16.1 Å². The van der Waals surface area contributed by atoms with Crippen LogP contribution in [0.2, 0.25) is 0 Å². The van der Waals surface area contributed by atoms with Crippen molar-refractivity contribution >= 4 is 28.6 Å². The molecule has 0 saturated heterocycles. The first-order chi connectivity index (χ1) is 10.6. The van der Waals surface area contributed by atoms with Gasteiger partial charge in [-0.3, -0.25) is 9.59 Å². The second-order valence-corrected chi connectivity index (χ2v) is 5.33. The number of benzene rings is 1. The van der Waals surface area contributed by atoms with Crippen molar-refractivity contribution in [3.63, 3.8) is 0 Å². The van der Waals surface area contributed by atoms with E-state index in [-0.39, 0.29) is 11.8 Å². The molecule has 3 N–H and O–H groups in total. The zero-order chi connectivity index (χ0) is 15.7. The molecular formula is C17H17N3O2.